The van der Waals surface area contributed by atoms with Gasteiger partial charge in [-0.05, 0) is 31.0 Å². The molecule has 4 nitrogen and oxygen atoms in total. The van der Waals surface area contributed by atoms with Crippen molar-refractivity contribution in [3.8, 4) is 0 Å². The topological polar surface area (TPSA) is 36.9 Å². The summed E-state index contributed by atoms with van der Waals surface area (Å²) in [7, 11) is 3.74. The third kappa shape index (κ3) is 8.48. The Morgan fingerprint density at radius 2 is 2.19 bits per heavy atom. The average Bonchev–Trinajstić information content (AvgIpc) is 2.42. The number of methoxy groups -OCH3 is 1. The number of hydrogen-bond donors (Lipinski definition) is 1. The molecule has 0 bridgehead atoms. The summed E-state index contributed by atoms with van der Waals surface area (Å²) in [6.45, 7) is 5.19. The largest absolute Gasteiger partial charge is 0.385 e. The highest BCUT2D eigenvalue weighted by Crippen LogP contribution is 2.12. The maximum Gasteiger partial charge on any atom is 0.193 e. The number of nitrogens with one attached hydrogen (secondary N) is 1. The molecule has 21 heavy (non-hydrogen) atoms. The Morgan fingerprint density at radius 3 is 2.81 bits per heavy atom. The lowest BCUT2D eigenvalue weighted by molar-refractivity contribution is 0.197. The van der Waals surface area contributed by atoms with Gasteiger partial charge in [0.25, 0.3) is 0 Å². The summed E-state index contributed by atoms with van der Waals surface area (Å²) in [5, 5.41) is 4.06. The number of benzene rings is 1. The monoisotopic (exact) mass is 425 g/mol. The van der Waals surface area contributed by atoms with Crippen LogP contribution in [0, 0.1) is 0 Å². The van der Waals surface area contributed by atoms with Crippen molar-refractivity contribution >= 4 is 41.5 Å². The molecule has 1 aromatic rings. The van der Waals surface area contributed by atoms with Gasteiger partial charge in [-0.1, -0.05) is 23.7 Å². The standard InChI is InChI=1S/C15H24ClN3O.HI/c1-4-17-15(18-9-6-10-20-3)19(2)12-13-7-5-8-14(16)11-13;/h5,7-8,11H,4,6,9-10,12H2,1-3H3,(H,17,18);1H. The van der Waals surface area contributed by atoms with Gasteiger partial charge in [-0.2, -0.15) is 0 Å². The summed E-state index contributed by atoms with van der Waals surface area (Å²) in [6, 6.07) is 7.90. The smallest absolute Gasteiger partial charge is 0.193 e. The lowest BCUT2D eigenvalue weighted by Gasteiger charge is -2.22. The Balaban J connectivity index is 0.00000400. The molecule has 0 aromatic heterocycles. The van der Waals surface area contributed by atoms with Crippen molar-refractivity contribution in [2.75, 3.05) is 33.9 Å². The number of hydrogen-bond acceptors (Lipinski definition) is 2. The van der Waals surface area contributed by atoms with E-state index in [1.165, 1.54) is 5.56 Å². The van der Waals surface area contributed by atoms with Crippen molar-refractivity contribution in [3.63, 3.8) is 0 Å². The van der Waals surface area contributed by atoms with Crippen LogP contribution >= 0.6 is 35.6 Å². The molecule has 0 aliphatic carbocycles. The van der Waals surface area contributed by atoms with E-state index in [0.29, 0.717) is 0 Å². The minimum Gasteiger partial charge on any atom is -0.385 e. The van der Waals surface area contributed by atoms with Gasteiger partial charge in [-0.3, -0.25) is 4.99 Å². The number of nitrogens with zero attached hydrogens (tertiary/aromatic N) is 2. The lowest BCUT2D eigenvalue weighted by Crippen LogP contribution is -2.38. The SMILES string of the molecule is CCNC(=NCCCOC)N(C)Cc1cccc(Cl)c1.I. The fourth-order valence-corrected chi connectivity index (χ4v) is 2.06. The van der Waals surface area contributed by atoms with Crippen LogP contribution in [0.25, 0.3) is 0 Å². The second-order valence-electron chi connectivity index (χ2n) is 4.57. The van der Waals surface area contributed by atoms with Crippen LogP contribution < -0.4 is 5.32 Å². The summed E-state index contributed by atoms with van der Waals surface area (Å²) in [5.41, 5.74) is 1.17. The molecule has 0 amide bonds. The molecule has 0 atom stereocenters. The Labute approximate surface area is 149 Å². The second-order valence-corrected chi connectivity index (χ2v) is 5.00. The molecule has 0 fully saturated rings. The van der Waals surface area contributed by atoms with Crippen LogP contribution in [-0.4, -0.2) is 44.7 Å². The first kappa shape index (κ1) is 20.5. The van der Waals surface area contributed by atoms with Gasteiger partial charge >= 0.3 is 0 Å². The molecule has 0 radical (unpaired) electrons. The molecule has 0 heterocycles. The Bertz CT molecular complexity index is 429. The van der Waals surface area contributed by atoms with Crippen molar-refractivity contribution in [1.82, 2.24) is 10.2 Å². The molecule has 0 aliphatic heterocycles. The Kier molecular flexibility index (Phi) is 11.8. The van der Waals surface area contributed by atoms with Gasteiger partial charge in [-0.25, -0.2) is 0 Å². The highest BCUT2D eigenvalue weighted by molar-refractivity contribution is 14.0. The zero-order valence-electron chi connectivity index (χ0n) is 12.9. The van der Waals surface area contributed by atoms with Crippen LogP contribution in [-0.2, 0) is 11.3 Å². The van der Waals surface area contributed by atoms with Gasteiger partial charge in [0.2, 0.25) is 0 Å². The first-order chi connectivity index (χ1) is 9.67. The molecule has 120 valence electrons. The summed E-state index contributed by atoms with van der Waals surface area (Å²) in [4.78, 5) is 6.69. The molecule has 6 heteroatoms. The molecule has 0 spiro atoms. The fraction of sp³-hybridized carbons (Fsp3) is 0.533. The van der Waals surface area contributed by atoms with Gasteiger partial charge in [0.15, 0.2) is 5.96 Å². The van der Waals surface area contributed by atoms with Crippen LogP contribution in [0.3, 0.4) is 0 Å². The predicted molar refractivity (Wildman–Crippen MR) is 101 cm³/mol. The van der Waals surface area contributed by atoms with Gasteiger partial charge < -0.3 is 15.0 Å². The first-order valence-corrected chi connectivity index (χ1v) is 7.28. The summed E-state index contributed by atoms with van der Waals surface area (Å²) in [6.07, 6.45) is 0.927. The van der Waals surface area contributed by atoms with E-state index in [0.717, 1.165) is 43.6 Å². The van der Waals surface area contributed by atoms with E-state index in [4.69, 9.17) is 16.3 Å². The van der Waals surface area contributed by atoms with E-state index in [2.05, 4.69) is 28.2 Å². The Morgan fingerprint density at radius 1 is 1.43 bits per heavy atom. The van der Waals surface area contributed by atoms with E-state index >= 15 is 0 Å². The fourth-order valence-electron chi connectivity index (χ4n) is 1.85. The first-order valence-electron chi connectivity index (χ1n) is 6.90. The van der Waals surface area contributed by atoms with Crippen LogP contribution in [0.1, 0.15) is 18.9 Å². The highest BCUT2D eigenvalue weighted by atomic mass is 127. The van der Waals surface area contributed by atoms with Crippen molar-refractivity contribution in [3.05, 3.63) is 34.9 Å². The normalized spacial score (nSPS) is 11.0. The van der Waals surface area contributed by atoms with Crippen LogP contribution in [0.15, 0.2) is 29.3 Å². The van der Waals surface area contributed by atoms with Crippen LogP contribution in [0.5, 0.6) is 0 Å². The van der Waals surface area contributed by atoms with Crippen molar-refractivity contribution < 1.29 is 4.74 Å². The van der Waals surface area contributed by atoms with Crippen molar-refractivity contribution in [1.29, 1.82) is 0 Å². The molecular formula is C15H25ClIN3O. The maximum atomic E-state index is 6.01. The molecule has 0 unspecified atom stereocenters. The number of halogens is 2. The molecule has 1 aromatic carbocycles. The summed E-state index contributed by atoms with van der Waals surface area (Å²) >= 11 is 6.01. The number of guanidine groups is 1. The third-order valence-electron chi connectivity index (χ3n) is 2.77. The summed E-state index contributed by atoms with van der Waals surface area (Å²) < 4.78 is 5.03. The van der Waals surface area contributed by atoms with E-state index in [1.807, 2.05) is 25.2 Å². The number of rotatable bonds is 7. The second kappa shape index (κ2) is 12.1. The number of ether oxygens (including phenoxy) is 1. The van der Waals surface area contributed by atoms with Gasteiger partial charge in [0, 0.05) is 45.4 Å². The zero-order valence-corrected chi connectivity index (χ0v) is 16.0. The van der Waals surface area contributed by atoms with Crippen molar-refractivity contribution in [2.45, 2.75) is 19.9 Å². The molecule has 1 rings (SSSR count). The van der Waals surface area contributed by atoms with Crippen LogP contribution in [0.2, 0.25) is 5.02 Å². The van der Waals surface area contributed by atoms with Crippen LogP contribution in [0.4, 0.5) is 0 Å². The highest BCUT2D eigenvalue weighted by Gasteiger charge is 2.06. The minimum atomic E-state index is 0. The molecule has 1 N–H and O–H groups in total. The molecule has 0 aliphatic rings. The zero-order chi connectivity index (χ0) is 14.8. The summed E-state index contributed by atoms with van der Waals surface area (Å²) in [5.74, 6) is 0.906. The minimum absolute atomic E-state index is 0. The lowest BCUT2D eigenvalue weighted by atomic mass is 10.2. The van der Waals surface area contributed by atoms with E-state index in [9.17, 15) is 0 Å². The molecule has 0 saturated carbocycles. The van der Waals surface area contributed by atoms with E-state index < -0.39 is 0 Å². The molecule has 0 saturated heterocycles. The van der Waals surface area contributed by atoms with E-state index in [-0.39, 0.29) is 24.0 Å². The quantitative estimate of drug-likeness (QED) is 0.315. The van der Waals surface area contributed by atoms with Crippen molar-refractivity contribution in [2.24, 2.45) is 4.99 Å². The Hall–Kier alpha value is -0.530. The third-order valence-corrected chi connectivity index (χ3v) is 3.01. The molecular weight excluding hydrogens is 401 g/mol. The van der Waals surface area contributed by atoms with Gasteiger partial charge in [0.1, 0.15) is 0 Å². The van der Waals surface area contributed by atoms with E-state index in [1.54, 1.807) is 7.11 Å². The van der Waals surface area contributed by atoms with Gasteiger partial charge in [0.05, 0.1) is 0 Å². The van der Waals surface area contributed by atoms with Gasteiger partial charge in [-0.15, -0.1) is 24.0 Å². The predicted octanol–water partition coefficient (Wildman–Crippen LogP) is 3.39. The number of aliphatic imine (C=N–C) groups is 1. The average molecular weight is 426 g/mol. The maximum absolute atomic E-state index is 6.01.